The summed E-state index contributed by atoms with van der Waals surface area (Å²) in [7, 11) is 0. The van der Waals surface area contributed by atoms with Crippen LogP contribution >= 0.6 is 0 Å². The number of ether oxygens (including phenoxy) is 1. The second-order valence-electron chi connectivity index (χ2n) is 6.56. The summed E-state index contributed by atoms with van der Waals surface area (Å²) in [5, 5.41) is 12.0. The van der Waals surface area contributed by atoms with Crippen LogP contribution in [0.5, 0.6) is 0 Å². The van der Waals surface area contributed by atoms with Crippen molar-refractivity contribution >= 4 is 12.0 Å². The number of hydrogen-bond acceptors (Lipinski definition) is 4. The van der Waals surface area contributed by atoms with E-state index in [9.17, 15) is 9.59 Å². The molecule has 2 atom stereocenters. The van der Waals surface area contributed by atoms with Crippen LogP contribution in [-0.4, -0.2) is 77.4 Å². The highest BCUT2D eigenvalue weighted by Gasteiger charge is 2.42. The maximum atomic E-state index is 12.4. The molecule has 2 aliphatic heterocycles. The van der Waals surface area contributed by atoms with Crippen molar-refractivity contribution in [1.29, 1.82) is 0 Å². The van der Waals surface area contributed by atoms with E-state index in [2.05, 4.69) is 5.32 Å². The largest absolute Gasteiger partial charge is 0.480 e. The summed E-state index contributed by atoms with van der Waals surface area (Å²) < 4.78 is 5.50. The molecule has 0 aromatic heterocycles. The third-order valence-electron chi connectivity index (χ3n) is 5.18. The van der Waals surface area contributed by atoms with Crippen molar-refractivity contribution in [2.45, 2.75) is 56.8 Å². The minimum Gasteiger partial charge on any atom is -0.480 e. The van der Waals surface area contributed by atoms with E-state index in [-0.39, 0.29) is 36.7 Å². The number of nitrogens with zero attached hydrogens (tertiary/aromatic N) is 2. The summed E-state index contributed by atoms with van der Waals surface area (Å²) in [6.45, 7) is 4.08. The maximum Gasteiger partial charge on any atom is 0.318 e. The van der Waals surface area contributed by atoms with Crippen LogP contribution in [0.2, 0.25) is 0 Å². The van der Waals surface area contributed by atoms with Gasteiger partial charge in [0.15, 0.2) is 0 Å². The molecule has 7 heteroatoms. The van der Waals surface area contributed by atoms with Gasteiger partial charge in [-0.05, 0) is 32.2 Å². The molecule has 2 saturated heterocycles. The molecule has 0 spiro atoms. The van der Waals surface area contributed by atoms with Crippen molar-refractivity contribution in [3.63, 3.8) is 0 Å². The van der Waals surface area contributed by atoms with Crippen molar-refractivity contribution in [1.82, 2.24) is 15.1 Å². The van der Waals surface area contributed by atoms with Crippen molar-refractivity contribution in [2.24, 2.45) is 0 Å². The minimum absolute atomic E-state index is 0.0283. The molecule has 0 aromatic rings. The predicted molar refractivity (Wildman–Crippen MR) is 79.7 cm³/mol. The van der Waals surface area contributed by atoms with Crippen LogP contribution in [0.3, 0.4) is 0 Å². The Hall–Kier alpha value is -1.34. The van der Waals surface area contributed by atoms with Gasteiger partial charge in [0.25, 0.3) is 0 Å². The predicted octanol–water partition coefficient (Wildman–Crippen LogP) is 0.497. The third kappa shape index (κ3) is 3.05. The highest BCUT2D eigenvalue weighted by Crippen LogP contribution is 2.30. The molecule has 7 nitrogen and oxygen atoms in total. The Bertz CT molecular complexity index is 423. The molecule has 1 aliphatic carbocycles. The molecule has 3 rings (SSSR count). The summed E-state index contributed by atoms with van der Waals surface area (Å²) >= 11 is 0. The Kier molecular flexibility index (Phi) is 4.54. The Balaban J connectivity index is 1.46. The number of carboxylic acids is 1. The van der Waals surface area contributed by atoms with Crippen molar-refractivity contribution in [3.05, 3.63) is 0 Å². The van der Waals surface area contributed by atoms with Crippen LogP contribution in [0.15, 0.2) is 0 Å². The maximum absolute atomic E-state index is 12.4. The number of fused-ring (bicyclic) bond motifs is 2. The van der Waals surface area contributed by atoms with Crippen molar-refractivity contribution < 1.29 is 19.4 Å². The van der Waals surface area contributed by atoms with Gasteiger partial charge in [-0.1, -0.05) is 6.92 Å². The van der Waals surface area contributed by atoms with Crippen LogP contribution in [0.4, 0.5) is 4.79 Å². The molecule has 22 heavy (non-hydrogen) atoms. The normalized spacial score (nSPS) is 33.6. The van der Waals surface area contributed by atoms with Crippen LogP contribution < -0.4 is 5.32 Å². The van der Waals surface area contributed by atoms with Gasteiger partial charge in [-0.25, -0.2) is 4.79 Å². The summed E-state index contributed by atoms with van der Waals surface area (Å²) in [4.78, 5) is 27.2. The Morgan fingerprint density at radius 3 is 2.45 bits per heavy atom. The fourth-order valence-electron chi connectivity index (χ4n) is 3.89. The summed E-state index contributed by atoms with van der Waals surface area (Å²) in [5.74, 6) is -0.792. The first kappa shape index (κ1) is 15.6. The van der Waals surface area contributed by atoms with Gasteiger partial charge in [0.2, 0.25) is 0 Å². The van der Waals surface area contributed by atoms with Crippen LogP contribution in [0.1, 0.15) is 32.6 Å². The number of morpholine rings is 1. The van der Waals surface area contributed by atoms with E-state index in [0.717, 1.165) is 32.2 Å². The molecule has 2 bridgehead atoms. The average molecular weight is 311 g/mol. The van der Waals surface area contributed by atoms with E-state index in [0.29, 0.717) is 13.2 Å². The summed E-state index contributed by atoms with van der Waals surface area (Å²) in [5.41, 5.74) is 0. The number of carboxylic acid groups (broad SMARTS) is 1. The van der Waals surface area contributed by atoms with E-state index in [1.165, 1.54) is 0 Å². The quantitative estimate of drug-likeness (QED) is 0.772. The number of rotatable bonds is 5. The lowest BCUT2D eigenvalue weighted by Crippen LogP contribution is -2.59. The number of urea groups is 1. The van der Waals surface area contributed by atoms with Crippen LogP contribution in [-0.2, 0) is 9.53 Å². The molecule has 2 N–H and O–H groups in total. The standard InChI is InChI=1S/C15H25N3O4/c1-2-17(7-14(19)20)13-5-10(6-13)16-15(21)18-11-3-4-12(18)9-22-8-11/h10-13H,2-9H2,1H3,(H,16,21)(H,19,20). The lowest BCUT2D eigenvalue weighted by atomic mass is 9.85. The van der Waals surface area contributed by atoms with Gasteiger partial charge in [0.1, 0.15) is 0 Å². The van der Waals surface area contributed by atoms with Crippen molar-refractivity contribution in [2.75, 3.05) is 26.3 Å². The minimum atomic E-state index is -0.792. The number of aliphatic carboxylic acids is 1. The van der Waals surface area contributed by atoms with Crippen LogP contribution in [0, 0.1) is 0 Å². The first-order chi connectivity index (χ1) is 10.6. The number of carbonyl (C=O) groups is 2. The number of carbonyl (C=O) groups excluding carboxylic acids is 1. The van der Waals surface area contributed by atoms with Gasteiger partial charge >= 0.3 is 12.0 Å². The lowest BCUT2D eigenvalue weighted by molar-refractivity contribution is -0.139. The zero-order chi connectivity index (χ0) is 15.7. The molecular weight excluding hydrogens is 286 g/mol. The number of amides is 2. The molecule has 3 fully saturated rings. The molecule has 0 aromatic carbocycles. The molecule has 3 aliphatic rings. The van der Waals surface area contributed by atoms with Gasteiger partial charge in [-0.3, -0.25) is 9.69 Å². The number of nitrogens with one attached hydrogen (secondary N) is 1. The average Bonchev–Trinajstić information content (AvgIpc) is 2.69. The zero-order valence-electron chi connectivity index (χ0n) is 13.0. The van der Waals surface area contributed by atoms with E-state index in [4.69, 9.17) is 9.84 Å². The Morgan fingerprint density at radius 2 is 1.91 bits per heavy atom. The van der Waals surface area contributed by atoms with Crippen LogP contribution in [0.25, 0.3) is 0 Å². The van der Waals surface area contributed by atoms with E-state index < -0.39 is 5.97 Å². The molecule has 2 heterocycles. The lowest BCUT2D eigenvalue weighted by Gasteiger charge is -2.43. The van der Waals surface area contributed by atoms with Crippen molar-refractivity contribution in [3.8, 4) is 0 Å². The second-order valence-corrected chi connectivity index (χ2v) is 6.56. The molecular formula is C15H25N3O4. The summed E-state index contributed by atoms with van der Waals surface area (Å²) in [6.07, 6.45) is 3.75. The fourth-order valence-corrected chi connectivity index (χ4v) is 3.89. The fraction of sp³-hybridized carbons (Fsp3) is 0.867. The molecule has 0 radical (unpaired) electrons. The molecule has 124 valence electrons. The zero-order valence-corrected chi connectivity index (χ0v) is 13.0. The topological polar surface area (TPSA) is 82.1 Å². The Labute approximate surface area is 130 Å². The SMILES string of the molecule is CCN(CC(=O)O)C1CC(NC(=O)N2C3CCC2COC3)C1. The smallest absolute Gasteiger partial charge is 0.318 e. The summed E-state index contributed by atoms with van der Waals surface area (Å²) in [6, 6.07) is 0.929. The monoisotopic (exact) mass is 311 g/mol. The van der Waals surface area contributed by atoms with E-state index >= 15 is 0 Å². The third-order valence-corrected chi connectivity index (χ3v) is 5.18. The number of likely N-dealkylation sites (N-methyl/N-ethyl adjacent to an activating group) is 1. The first-order valence-corrected chi connectivity index (χ1v) is 8.21. The number of hydrogen-bond donors (Lipinski definition) is 2. The first-order valence-electron chi connectivity index (χ1n) is 8.21. The van der Waals surface area contributed by atoms with E-state index in [1.807, 2.05) is 16.7 Å². The molecule has 2 unspecified atom stereocenters. The highest BCUT2D eigenvalue weighted by atomic mass is 16.5. The Morgan fingerprint density at radius 1 is 1.27 bits per heavy atom. The van der Waals surface area contributed by atoms with Gasteiger partial charge in [-0.15, -0.1) is 0 Å². The molecule has 1 saturated carbocycles. The van der Waals surface area contributed by atoms with Gasteiger partial charge < -0.3 is 20.1 Å². The van der Waals surface area contributed by atoms with Gasteiger partial charge in [-0.2, -0.15) is 0 Å². The second kappa shape index (κ2) is 6.42. The highest BCUT2D eigenvalue weighted by molar-refractivity contribution is 5.76. The van der Waals surface area contributed by atoms with Gasteiger partial charge in [0, 0.05) is 12.1 Å². The van der Waals surface area contributed by atoms with Gasteiger partial charge in [0.05, 0.1) is 31.8 Å². The molecule has 2 amide bonds. The van der Waals surface area contributed by atoms with E-state index in [1.54, 1.807) is 0 Å².